The average Bonchev–Trinajstić information content (AvgIpc) is 3.00. The Morgan fingerprint density at radius 3 is 2.41 bits per heavy atom. The van der Waals surface area contributed by atoms with Crippen molar-refractivity contribution in [1.82, 2.24) is 24.4 Å². The van der Waals surface area contributed by atoms with Crippen molar-refractivity contribution in [2.75, 3.05) is 57.8 Å². The number of imidazole rings is 1. The van der Waals surface area contributed by atoms with Gasteiger partial charge in [-0.25, -0.2) is 4.98 Å². The number of hydrogen-bond donors (Lipinski definition) is 1. The average molecular weight is 467 g/mol. The summed E-state index contributed by atoms with van der Waals surface area (Å²) in [6.07, 6.45) is 2.22. The minimum absolute atomic E-state index is 0.0714. The molecule has 0 aromatic carbocycles. The number of nitrogens with zero attached hydrogens (tertiary/aromatic N) is 5. The van der Waals surface area contributed by atoms with Gasteiger partial charge in [-0.3, -0.25) is 9.46 Å². The zero-order valence-corrected chi connectivity index (χ0v) is 19.8. The van der Waals surface area contributed by atoms with Crippen LogP contribution in [0.3, 0.4) is 0 Å². The van der Waals surface area contributed by atoms with E-state index in [1.807, 2.05) is 9.47 Å². The van der Waals surface area contributed by atoms with Crippen LogP contribution in [0.5, 0.6) is 0 Å². The van der Waals surface area contributed by atoms with E-state index in [4.69, 9.17) is 26.4 Å². The van der Waals surface area contributed by atoms with Crippen molar-refractivity contribution < 1.29 is 18.2 Å². The molecule has 0 aliphatic carbocycles. The molecule has 29 heavy (non-hydrogen) atoms. The summed E-state index contributed by atoms with van der Waals surface area (Å²) in [6, 6.07) is 0. The van der Waals surface area contributed by atoms with Crippen molar-refractivity contribution in [2.24, 2.45) is 0 Å². The fourth-order valence-corrected chi connectivity index (χ4v) is 6.01. The van der Waals surface area contributed by atoms with E-state index in [2.05, 4.69) is 15.0 Å². The van der Waals surface area contributed by atoms with Gasteiger partial charge in [0, 0.05) is 19.6 Å². The highest BCUT2D eigenvalue weighted by atomic mass is 35.5. The van der Waals surface area contributed by atoms with Gasteiger partial charge in [-0.15, -0.1) is 0 Å². The van der Waals surface area contributed by atoms with Gasteiger partial charge in [0.25, 0.3) is 0 Å². The third kappa shape index (κ3) is 7.31. The summed E-state index contributed by atoms with van der Waals surface area (Å²) in [5.74, 6) is 0.0714. The lowest BCUT2D eigenvalue weighted by Gasteiger charge is -2.26. The third-order valence-electron chi connectivity index (χ3n) is 3.98. The van der Waals surface area contributed by atoms with Crippen molar-refractivity contribution in [1.29, 1.82) is 0 Å². The minimum atomic E-state index is -3.18. The van der Waals surface area contributed by atoms with E-state index in [0.717, 1.165) is 0 Å². The van der Waals surface area contributed by atoms with Crippen LogP contribution >= 0.6 is 26.3 Å². The molecule has 0 unspecified atom stereocenters. The van der Waals surface area contributed by atoms with Gasteiger partial charge >= 0.3 is 7.60 Å². The molecule has 2 aromatic heterocycles. The smallest absolute Gasteiger partial charge is 0.331 e. The summed E-state index contributed by atoms with van der Waals surface area (Å²) in [5.41, 5.74) is 6.70. The molecule has 10 nitrogen and oxygen atoms in total. The Kier molecular flexibility index (Phi) is 8.64. The Morgan fingerprint density at radius 1 is 1.17 bits per heavy atom. The van der Waals surface area contributed by atoms with Gasteiger partial charge in [-0.1, -0.05) is 11.6 Å². The Hall–Kier alpha value is -1.02. The first kappa shape index (κ1) is 24.3. The quantitative estimate of drug-likeness (QED) is 0.370. The SMILES string of the molecule is CCOP(=O)(CCN(CCn1cnc2c(Cl)nc(N)nc21)CP(C)(C)=O)OCC. The molecule has 2 heterocycles. The standard InChI is InChI=1S/C16H29ClN6O4P2/c1-5-26-29(25,27-6-2)10-9-22(12-28(3,4)24)7-8-23-11-19-13-14(17)20-16(18)21-15(13)23/h11H,5-10,12H2,1-4H3,(H2,18,20,21). The Balaban J connectivity index is 2.13. The molecule has 0 aliphatic heterocycles. The molecule has 0 fully saturated rings. The molecule has 0 spiro atoms. The monoisotopic (exact) mass is 466 g/mol. The van der Waals surface area contributed by atoms with Gasteiger partial charge in [0.15, 0.2) is 10.8 Å². The largest absolute Gasteiger partial charge is 0.368 e. The van der Waals surface area contributed by atoms with Gasteiger partial charge in [0.05, 0.1) is 39.1 Å². The summed E-state index contributed by atoms with van der Waals surface area (Å²) >= 11 is 6.07. The van der Waals surface area contributed by atoms with E-state index in [1.165, 1.54) is 0 Å². The molecular weight excluding hydrogens is 438 g/mol. The Morgan fingerprint density at radius 2 is 1.83 bits per heavy atom. The van der Waals surface area contributed by atoms with Gasteiger partial charge in [0.1, 0.15) is 5.52 Å². The van der Waals surface area contributed by atoms with Gasteiger partial charge in [-0.2, -0.15) is 9.97 Å². The number of halogens is 1. The molecular formula is C16H29ClN6O4P2. The second-order valence-electron chi connectivity index (χ2n) is 6.99. The second kappa shape index (κ2) is 10.3. The van der Waals surface area contributed by atoms with Crippen molar-refractivity contribution in [3.05, 3.63) is 11.5 Å². The minimum Gasteiger partial charge on any atom is -0.368 e. The van der Waals surface area contributed by atoms with E-state index in [1.54, 1.807) is 33.5 Å². The molecule has 2 N–H and O–H groups in total. The lowest BCUT2D eigenvalue weighted by molar-refractivity contribution is 0.214. The summed E-state index contributed by atoms with van der Waals surface area (Å²) in [4.78, 5) is 14.3. The molecule has 0 aliphatic rings. The summed E-state index contributed by atoms with van der Waals surface area (Å²) in [6.45, 7) is 9.09. The molecule has 0 radical (unpaired) electrons. The lowest BCUT2D eigenvalue weighted by atomic mass is 10.5. The van der Waals surface area contributed by atoms with Crippen LogP contribution in [0.2, 0.25) is 5.15 Å². The van der Waals surface area contributed by atoms with Crippen molar-refractivity contribution in [3.63, 3.8) is 0 Å². The molecule has 2 aromatic rings. The number of nitrogen functional groups attached to an aromatic ring is 1. The molecule has 0 atom stereocenters. The van der Waals surface area contributed by atoms with Crippen LogP contribution in [0.4, 0.5) is 5.95 Å². The van der Waals surface area contributed by atoms with Crippen LogP contribution < -0.4 is 5.73 Å². The normalized spacial score (nSPS) is 12.9. The highest BCUT2D eigenvalue weighted by molar-refractivity contribution is 7.62. The molecule has 0 saturated heterocycles. The summed E-state index contributed by atoms with van der Waals surface area (Å²) in [5, 5.41) is 0.198. The van der Waals surface area contributed by atoms with Crippen LogP contribution in [-0.4, -0.2) is 76.5 Å². The fraction of sp³-hybridized carbons (Fsp3) is 0.688. The first-order valence-corrected chi connectivity index (χ1v) is 14.2. The zero-order chi connectivity index (χ0) is 21.7. The van der Waals surface area contributed by atoms with Crippen LogP contribution in [0.25, 0.3) is 11.2 Å². The van der Waals surface area contributed by atoms with E-state index in [9.17, 15) is 9.13 Å². The predicted molar refractivity (Wildman–Crippen MR) is 116 cm³/mol. The van der Waals surface area contributed by atoms with E-state index >= 15 is 0 Å². The maximum atomic E-state index is 12.8. The number of nitrogens with two attached hydrogens (primary N) is 1. The molecule has 2 rings (SSSR count). The van der Waals surface area contributed by atoms with E-state index in [-0.39, 0.29) is 17.3 Å². The molecule has 0 saturated carbocycles. The molecule has 0 bridgehead atoms. The summed E-state index contributed by atoms with van der Waals surface area (Å²) < 4.78 is 37.7. The van der Waals surface area contributed by atoms with Crippen LogP contribution in [-0.2, 0) is 24.7 Å². The highest BCUT2D eigenvalue weighted by Gasteiger charge is 2.26. The topological polar surface area (TPSA) is 125 Å². The maximum absolute atomic E-state index is 12.8. The van der Waals surface area contributed by atoms with Crippen molar-refractivity contribution in [2.45, 2.75) is 20.4 Å². The fourth-order valence-electron chi connectivity index (χ4n) is 2.90. The van der Waals surface area contributed by atoms with Crippen molar-refractivity contribution in [3.8, 4) is 0 Å². The number of anilines is 1. The Bertz CT molecular complexity index is 908. The summed E-state index contributed by atoms with van der Waals surface area (Å²) in [7, 11) is -5.52. The Labute approximate surface area is 176 Å². The first-order valence-electron chi connectivity index (χ1n) is 9.35. The van der Waals surface area contributed by atoms with Gasteiger partial charge in [0.2, 0.25) is 5.95 Å². The maximum Gasteiger partial charge on any atom is 0.331 e. The zero-order valence-electron chi connectivity index (χ0n) is 17.2. The molecule has 164 valence electrons. The lowest BCUT2D eigenvalue weighted by Crippen LogP contribution is -2.31. The number of aromatic nitrogens is 4. The third-order valence-corrected chi connectivity index (χ3v) is 7.37. The van der Waals surface area contributed by atoms with Gasteiger partial charge < -0.3 is 23.9 Å². The van der Waals surface area contributed by atoms with Crippen LogP contribution in [0.1, 0.15) is 13.8 Å². The van der Waals surface area contributed by atoms with Crippen LogP contribution in [0.15, 0.2) is 6.33 Å². The number of rotatable bonds is 12. The van der Waals surface area contributed by atoms with Crippen LogP contribution in [0, 0.1) is 0 Å². The highest BCUT2D eigenvalue weighted by Crippen LogP contribution is 2.48. The van der Waals surface area contributed by atoms with Crippen molar-refractivity contribution >= 4 is 43.5 Å². The first-order chi connectivity index (χ1) is 13.6. The van der Waals surface area contributed by atoms with E-state index in [0.29, 0.717) is 50.3 Å². The van der Waals surface area contributed by atoms with E-state index < -0.39 is 14.7 Å². The number of fused-ring (bicyclic) bond motifs is 1. The second-order valence-corrected chi connectivity index (χ2v) is 13.0. The molecule has 13 heteroatoms. The predicted octanol–water partition coefficient (Wildman–Crippen LogP) is 3.21. The molecule has 0 amide bonds. The van der Waals surface area contributed by atoms with Gasteiger partial charge in [-0.05, 0) is 27.2 Å². The number of hydrogen-bond acceptors (Lipinski definition) is 9.